The van der Waals surface area contributed by atoms with E-state index in [4.69, 9.17) is 4.74 Å². The molecule has 0 bridgehead atoms. The Kier molecular flexibility index (Phi) is 4.09. The molecule has 98 valence electrons. The van der Waals surface area contributed by atoms with Crippen LogP contribution in [-0.2, 0) is 4.74 Å². The minimum absolute atomic E-state index is 0.0907. The SMILES string of the molecule is O=[N+]([O-])c1ccc(F)cc1NC1CCCOCC1. The third kappa shape index (κ3) is 3.16. The molecule has 1 aliphatic rings. The van der Waals surface area contributed by atoms with Crippen LogP contribution in [0.2, 0.25) is 0 Å². The summed E-state index contributed by atoms with van der Waals surface area (Å²) in [5.74, 6) is -0.479. The van der Waals surface area contributed by atoms with E-state index in [9.17, 15) is 14.5 Å². The van der Waals surface area contributed by atoms with E-state index in [0.717, 1.165) is 25.3 Å². The standard InChI is InChI=1S/C12H15FN2O3/c13-9-3-4-12(15(16)17)11(8-9)14-10-2-1-6-18-7-5-10/h3-4,8,10,14H,1-2,5-7H2. The van der Waals surface area contributed by atoms with Crippen molar-refractivity contribution in [2.24, 2.45) is 0 Å². The zero-order chi connectivity index (χ0) is 13.0. The van der Waals surface area contributed by atoms with Crippen molar-refractivity contribution in [3.05, 3.63) is 34.1 Å². The summed E-state index contributed by atoms with van der Waals surface area (Å²) < 4.78 is 18.5. The first-order chi connectivity index (χ1) is 8.66. The highest BCUT2D eigenvalue weighted by Gasteiger charge is 2.19. The van der Waals surface area contributed by atoms with Gasteiger partial charge in [0.2, 0.25) is 0 Å². The summed E-state index contributed by atoms with van der Waals surface area (Å²) >= 11 is 0. The maximum absolute atomic E-state index is 13.2. The summed E-state index contributed by atoms with van der Waals surface area (Å²) in [6.45, 7) is 1.34. The van der Waals surface area contributed by atoms with Gasteiger partial charge in [-0.25, -0.2) is 4.39 Å². The second-order valence-corrected chi connectivity index (χ2v) is 4.30. The van der Waals surface area contributed by atoms with Crippen LogP contribution in [0.25, 0.3) is 0 Å². The molecule has 1 fully saturated rings. The molecule has 0 aromatic heterocycles. The van der Waals surface area contributed by atoms with Gasteiger partial charge in [0.15, 0.2) is 0 Å². The average molecular weight is 254 g/mol. The molecule has 0 radical (unpaired) electrons. The van der Waals surface area contributed by atoms with Crippen molar-refractivity contribution >= 4 is 11.4 Å². The number of benzene rings is 1. The molecule has 2 rings (SSSR count). The van der Waals surface area contributed by atoms with Gasteiger partial charge in [-0.1, -0.05) is 0 Å². The minimum Gasteiger partial charge on any atom is -0.381 e. The summed E-state index contributed by atoms with van der Waals surface area (Å²) in [4.78, 5) is 10.4. The van der Waals surface area contributed by atoms with Gasteiger partial charge in [0, 0.05) is 31.4 Å². The van der Waals surface area contributed by atoms with Gasteiger partial charge in [0.05, 0.1) is 4.92 Å². The zero-order valence-electron chi connectivity index (χ0n) is 9.89. The topological polar surface area (TPSA) is 64.4 Å². The van der Waals surface area contributed by atoms with Crippen molar-refractivity contribution in [3.8, 4) is 0 Å². The lowest BCUT2D eigenvalue weighted by molar-refractivity contribution is -0.384. The van der Waals surface area contributed by atoms with Gasteiger partial charge < -0.3 is 10.1 Å². The monoisotopic (exact) mass is 254 g/mol. The van der Waals surface area contributed by atoms with E-state index in [0.29, 0.717) is 13.2 Å². The molecule has 1 heterocycles. The molecule has 1 unspecified atom stereocenters. The molecule has 1 aliphatic heterocycles. The molecule has 0 amide bonds. The van der Waals surface area contributed by atoms with Crippen molar-refractivity contribution < 1.29 is 14.1 Å². The van der Waals surface area contributed by atoms with E-state index in [-0.39, 0.29) is 17.4 Å². The number of anilines is 1. The van der Waals surface area contributed by atoms with Gasteiger partial charge in [-0.2, -0.15) is 0 Å². The largest absolute Gasteiger partial charge is 0.381 e. The third-order valence-electron chi connectivity index (χ3n) is 2.97. The summed E-state index contributed by atoms with van der Waals surface area (Å²) in [6.07, 6.45) is 2.54. The van der Waals surface area contributed by atoms with Crippen molar-refractivity contribution in [1.82, 2.24) is 0 Å². The molecular weight excluding hydrogens is 239 g/mol. The average Bonchev–Trinajstić information content (AvgIpc) is 2.57. The van der Waals surface area contributed by atoms with Crippen LogP contribution in [0.15, 0.2) is 18.2 Å². The number of ether oxygens (including phenoxy) is 1. The minimum atomic E-state index is -0.505. The van der Waals surface area contributed by atoms with Gasteiger partial charge >= 0.3 is 0 Å². The second kappa shape index (κ2) is 5.77. The highest BCUT2D eigenvalue weighted by molar-refractivity contribution is 5.61. The summed E-state index contributed by atoms with van der Waals surface area (Å²) in [6, 6.07) is 3.54. The van der Waals surface area contributed by atoms with Crippen LogP contribution >= 0.6 is 0 Å². The number of nitrogens with one attached hydrogen (secondary N) is 1. The maximum Gasteiger partial charge on any atom is 0.292 e. The van der Waals surface area contributed by atoms with Gasteiger partial charge in [0.1, 0.15) is 11.5 Å². The van der Waals surface area contributed by atoms with Gasteiger partial charge in [-0.15, -0.1) is 0 Å². The maximum atomic E-state index is 13.2. The Balaban J connectivity index is 2.15. The first kappa shape index (κ1) is 12.8. The Morgan fingerprint density at radius 2 is 2.22 bits per heavy atom. The highest BCUT2D eigenvalue weighted by Crippen LogP contribution is 2.27. The molecule has 1 aromatic rings. The number of nitro benzene ring substituents is 1. The van der Waals surface area contributed by atoms with Crippen molar-refractivity contribution in [1.29, 1.82) is 0 Å². The van der Waals surface area contributed by atoms with Crippen LogP contribution < -0.4 is 5.32 Å². The lowest BCUT2D eigenvalue weighted by Gasteiger charge is -2.16. The lowest BCUT2D eigenvalue weighted by atomic mass is 10.1. The van der Waals surface area contributed by atoms with E-state index < -0.39 is 10.7 Å². The number of halogens is 1. The predicted molar refractivity (Wildman–Crippen MR) is 65.1 cm³/mol. The molecule has 1 atom stereocenters. The van der Waals surface area contributed by atoms with Crippen molar-refractivity contribution in [2.45, 2.75) is 25.3 Å². The van der Waals surface area contributed by atoms with E-state index >= 15 is 0 Å². The smallest absolute Gasteiger partial charge is 0.292 e. The van der Waals surface area contributed by atoms with E-state index in [1.165, 1.54) is 12.1 Å². The van der Waals surface area contributed by atoms with Gasteiger partial charge in [-0.3, -0.25) is 10.1 Å². The first-order valence-corrected chi connectivity index (χ1v) is 5.95. The zero-order valence-corrected chi connectivity index (χ0v) is 9.89. The molecule has 18 heavy (non-hydrogen) atoms. The van der Waals surface area contributed by atoms with Gasteiger partial charge in [0.25, 0.3) is 5.69 Å². The van der Waals surface area contributed by atoms with E-state index in [1.54, 1.807) is 0 Å². The van der Waals surface area contributed by atoms with Crippen LogP contribution in [0.3, 0.4) is 0 Å². The highest BCUT2D eigenvalue weighted by atomic mass is 19.1. The lowest BCUT2D eigenvalue weighted by Crippen LogP contribution is -2.20. The molecular formula is C12H15FN2O3. The van der Waals surface area contributed by atoms with Crippen molar-refractivity contribution in [2.75, 3.05) is 18.5 Å². The molecule has 1 aromatic carbocycles. The fourth-order valence-electron chi connectivity index (χ4n) is 2.05. The van der Waals surface area contributed by atoms with Crippen LogP contribution in [0.1, 0.15) is 19.3 Å². The molecule has 1 N–H and O–H groups in total. The Hall–Kier alpha value is -1.69. The number of nitrogens with zero attached hydrogens (tertiary/aromatic N) is 1. The number of hydrogen-bond donors (Lipinski definition) is 1. The van der Waals surface area contributed by atoms with Gasteiger partial charge in [-0.05, 0) is 25.3 Å². The summed E-state index contributed by atoms with van der Waals surface area (Å²) in [7, 11) is 0. The summed E-state index contributed by atoms with van der Waals surface area (Å²) in [5.41, 5.74) is 0.147. The molecule has 1 saturated heterocycles. The number of hydrogen-bond acceptors (Lipinski definition) is 4. The quantitative estimate of drug-likeness (QED) is 0.665. The molecule has 0 aliphatic carbocycles. The van der Waals surface area contributed by atoms with Crippen LogP contribution in [0, 0.1) is 15.9 Å². The third-order valence-corrected chi connectivity index (χ3v) is 2.97. The Bertz CT molecular complexity index is 431. The fourth-order valence-corrected chi connectivity index (χ4v) is 2.05. The Morgan fingerprint density at radius 3 is 3.00 bits per heavy atom. The van der Waals surface area contributed by atoms with Crippen LogP contribution in [0.5, 0.6) is 0 Å². The normalized spacial score (nSPS) is 20.2. The molecule has 0 saturated carbocycles. The van der Waals surface area contributed by atoms with E-state index in [2.05, 4.69) is 5.32 Å². The van der Waals surface area contributed by atoms with Crippen LogP contribution in [0.4, 0.5) is 15.8 Å². The molecule has 5 nitrogen and oxygen atoms in total. The van der Waals surface area contributed by atoms with Crippen LogP contribution in [-0.4, -0.2) is 24.2 Å². The van der Waals surface area contributed by atoms with E-state index in [1.807, 2.05) is 0 Å². The molecule has 0 spiro atoms. The Morgan fingerprint density at radius 1 is 1.39 bits per heavy atom. The number of nitro groups is 1. The fraction of sp³-hybridized carbons (Fsp3) is 0.500. The number of rotatable bonds is 3. The Labute approximate surface area is 104 Å². The second-order valence-electron chi connectivity index (χ2n) is 4.30. The summed E-state index contributed by atoms with van der Waals surface area (Å²) in [5, 5.41) is 13.9. The molecule has 6 heteroatoms. The van der Waals surface area contributed by atoms with Crippen molar-refractivity contribution in [3.63, 3.8) is 0 Å². The first-order valence-electron chi connectivity index (χ1n) is 5.95. The predicted octanol–water partition coefficient (Wildman–Crippen LogP) is 2.71.